The Morgan fingerprint density at radius 3 is 2.35 bits per heavy atom. The van der Waals surface area contributed by atoms with Crippen molar-refractivity contribution in [3.8, 4) is 5.75 Å². The molecule has 0 saturated carbocycles. The van der Waals surface area contributed by atoms with E-state index in [9.17, 15) is 18.3 Å². The average molecular weight is 331 g/mol. The van der Waals surface area contributed by atoms with Crippen molar-refractivity contribution in [2.24, 2.45) is 0 Å². The summed E-state index contributed by atoms with van der Waals surface area (Å²) in [5.74, 6) is 0.101. The SMILES string of the molecule is COc1cc(C(F)(F)F)cc(C2(O)CC3COCC(C2)N3C)c1. The Kier molecular flexibility index (Phi) is 4.06. The quantitative estimate of drug-likeness (QED) is 0.904. The van der Waals surface area contributed by atoms with Crippen molar-refractivity contribution in [2.75, 3.05) is 27.4 Å². The van der Waals surface area contributed by atoms with E-state index in [0.29, 0.717) is 26.1 Å². The first-order chi connectivity index (χ1) is 10.7. The number of halogens is 3. The number of methoxy groups -OCH3 is 1. The molecule has 2 fully saturated rings. The predicted octanol–water partition coefficient (Wildman–Crippen LogP) is 2.39. The van der Waals surface area contributed by atoms with E-state index in [0.717, 1.165) is 12.1 Å². The molecule has 2 heterocycles. The van der Waals surface area contributed by atoms with Crippen LogP contribution in [-0.4, -0.2) is 49.5 Å². The third kappa shape index (κ3) is 3.05. The maximum Gasteiger partial charge on any atom is 0.416 e. The van der Waals surface area contributed by atoms with Gasteiger partial charge in [-0.05, 0) is 43.7 Å². The molecule has 7 heteroatoms. The average Bonchev–Trinajstić information content (AvgIpc) is 2.47. The number of aliphatic hydroxyl groups is 1. The molecule has 2 bridgehead atoms. The van der Waals surface area contributed by atoms with Crippen LogP contribution in [0.15, 0.2) is 18.2 Å². The predicted molar refractivity (Wildman–Crippen MR) is 77.3 cm³/mol. The Labute approximate surface area is 132 Å². The third-order valence-corrected chi connectivity index (χ3v) is 4.93. The summed E-state index contributed by atoms with van der Waals surface area (Å²) in [5.41, 5.74) is -1.85. The summed E-state index contributed by atoms with van der Waals surface area (Å²) in [4.78, 5) is 2.14. The molecular weight excluding hydrogens is 311 g/mol. The number of piperidine rings is 1. The van der Waals surface area contributed by atoms with E-state index in [4.69, 9.17) is 9.47 Å². The van der Waals surface area contributed by atoms with E-state index in [1.165, 1.54) is 13.2 Å². The largest absolute Gasteiger partial charge is 0.497 e. The van der Waals surface area contributed by atoms with Crippen molar-refractivity contribution < 1.29 is 27.8 Å². The first kappa shape index (κ1) is 16.5. The lowest BCUT2D eigenvalue weighted by Crippen LogP contribution is -2.59. The van der Waals surface area contributed by atoms with Crippen molar-refractivity contribution in [3.63, 3.8) is 0 Å². The molecular formula is C16H20F3NO3. The monoisotopic (exact) mass is 331 g/mol. The smallest absolute Gasteiger partial charge is 0.416 e. The van der Waals surface area contributed by atoms with Gasteiger partial charge in [0.2, 0.25) is 0 Å². The van der Waals surface area contributed by atoms with Crippen molar-refractivity contribution in [3.05, 3.63) is 29.3 Å². The fourth-order valence-electron chi connectivity index (χ4n) is 3.53. The normalized spacial score (nSPS) is 31.9. The van der Waals surface area contributed by atoms with Crippen LogP contribution in [-0.2, 0) is 16.5 Å². The molecule has 2 aliphatic rings. The number of ether oxygens (including phenoxy) is 2. The van der Waals surface area contributed by atoms with Crippen LogP contribution >= 0.6 is 0 Å². The fraction of sp³-hybridized carbons (Fsp3) is 0.625. The molecule has 2 saturated heterocycles. The van der Waals surface area contributed by atoms with E-state index >= 15 is 0 Å². The van der Waals surface area contributed by atoms with Gasteiger partial charge < -0.3 is 14.6 Å². The van der Waals surface area contributed by atoms with Gasteiger partial charge in [-0.3, -0.25) is 4.90 Å². The van der Waals surface area contributed by atoms with Crippen LogP contribution in [0.2, 0.25) is 0 Å². The van der Waals surface area contributed by atoms with Gasteiger partial charge in [-0.1, -0.05) is 0 Å². The number of benzene rings is 1. The van der Waals surface area contributed by atoms with Crippen molar-refractivity contribution in [1.29, 1.82) is 0 Å². The summed E-state index contributed by atoms with van der Waals surface area (Å²) in [6, 6.07) is 3.47. The zero-order valence-electron chi connectivity index (χ0n) is 13.1. The maximum atomic E-state index is 13.1. The summed E-state index contributed by atoms with van der Waals surface area (Å²) in [7, 11) is 3.28. The lowest BCUT2D eigenvalue weighted by atomic mass is 9.76. The van der Waals surface area contributed by atoms with E-state index in [2.05, 4.69) is 4.90 Å². The molecule has 3 rings (SSSR count). The summed E-state index contributed by atoms with van der Waals surface area (Å²) in [6.07, 6.45) is -3.81. The van der Waals surface area contributed by atoms with E-state index in [1.807, 2.05) is 7.05 Å². The van der Waals surface area contributed by atoms with Gasteiger partial charge in [0.1, 0.15) is 5.75 Å². The highest BCUT2D eigenvalue weighted by molar-refractivity contribution is 5.39. The minimum absolute atomic E-state index is 0.00645. The zero-order chi connectivity index (χ0) is 16.8. The fourth-order valence-corrected chi connectivity index (χ4v) is 3.53. The maximum absolute atomic E-state index is 13.1. The lowest BCUT2D eigenvalue weighted by Gasteiger charge is -2.50. The summed E-state index contributed by atoms with van der Waals surface area (Å²) >= 11 is 0. The highest BCUT2D eigenvalue weighted by atomic mass is 19.4. The Morgan fingerprint density at radius 2 is 1.83 bits per heavy atom. The van der Waals surface area contributed by atoms with Crippen LogP contribution < -0.4 is 4.74 Å². The lowest BCUT2D eigenvalue weighted by molar-refractivity contribution is -0.141. The third-order valence-electron chi connectivity index (χ3n) is 4.93. The summed E-state index contributed by atoms with van der Waals surface area (Å²) in [6.45, 7) is 0.955. The number of alkyl halides is 3. The molecule has 2 atom stereocenters. The first-order valence-electron chi connectivity index (χ1n) is 7.52. The van der Waals surface area contributed by atoms with Crippen LogP contribution in [0.3, 0.4) is 0 Å². The Balaban J connectivity index is 2.00. The van der Waals surface area contributed by atoms with Gasteiger partial charge in [-0.2, -0.15) is 13.2 Å². The highest BCUT2D eigenvalue weighted by Crippen LogP contribution is 2.43. The molecule has 23 heavy (non-hydrogen) atoms. The molecule has 2 unspecified atom stereocenters. The minimum atomic E-state index is -4.48. The molecule has 0 amide bonds. The zero-order valence-corrected chi connectivity index (χ0v) is 13.1. The standard InChI is InChI=1S/C16H20F3NO3/c1-20-12-6-15(21,7-13(20)9-23-8-12)10-3-11(16(17,18)19)5-14(4-10)22-2/h3-5,12-13,21H,6-9H2,1-2H3. The van der Waals surface area contributed by atoms with Gasteiger partial charge >= 0.3 is 6.18 Å². The molecule has 4 nitrogen and oxygen atoms in total. The molecule has 0 aromatic heterocycles. The Bertz CT molecular complexity index is 576. The second kappa shape index (κ2) is 5.65. The van der Waals surface area contributed by atoms with Crippen molar-refractivity contribution >= 4 is 0 Å². The van der Waals surface area contributed by atoms with E-state index in [-0.39, 0.29) is 23.4 Å². The number of rotatable bonds is 2. The summed E-state index contributed by atoms with van der Waals surface area (Å²) in [5, 5.41) is 11.1. The number of morpholine rings is 1. The van der Waals surface area contributed by atoms with Gasteiger partial charge in [0, 0.05) is 12.1 Å². The second-order valence-corrected chi connectivity index (χ2v) is 6.40. The van der Waals surface area contributed by atoms with Crippen LogP contribution in [0.5, 0.6) is 5.75 Å². The highest BCUT2D eigenvalue weighted by Gasteiger charge is 2.46. The van der Waals surface area contributed by atoms with Crippen molar-refractivity contribution in [2.45, 2.75) is 36.7 Å². The van der Waals surface area contributed by atoms with Gasteiger partial charge in [0.25, 0.3) is 0 Å². The van der Waals surface area contributed by atoms with Gasteiger partial charge in [0.05, 0.1) is 31.5 Å². The van der Waals surface area contributed by atoms with E-state index in [1.54, 1.807) is 0 Å². The van der Waals surface area contributed by atoms with Gasteiger partial charge in [-0.15, -0.1) is 0 Å². The van der Waals surface area contributed by atoms with Gasteiger partial charge in [0.15, 0.2) is 0 Å². The molecule has 0 aliphatic carbocycles. The molecule has 128 valence electrons. The van der Waals surface area contributed by atoms with Gasteiger partial charge in [-0.25, -0.2) is 0 Å². The Hall–Kier alpha value is -1.31. The number of hydrogen-bond acceptors (Lipinski definition) is 4. The number of nitrogens with zero attached hydrogens (tertiary/aromatic N) is 1. The topological polar surface area (TPSA) is 41.9 Å². The van der Waals surface area contributed by atoms with E-state index < -0.39 is 17.3 Å². The van der Waals surface area contributed by atoms with Crippen LogP contribution in [0, 0.1) is 0 Å². The second-order valence-electron chi connectivity index (χ2n) is 6.40. The molecule has 1 aromatic rings. The van der Waals surface area contributed by atoms with Crippen molar-refractivity contribution in [1.82, 2.24) is 4.90 Å². The minimum Gasteiger partial charge on any atom is -0.497 e. The summed E-state index contributed by atoms with van der Waals surface area (Å²) < 4.78 is 49.8. The molecule has 0 spiro atoms. The number of hydrogen-bond donors (Lipinski definition) is 1. The molecule has 1 aromatic carbocycles. The molecule has 2 aliphatic heterocycles. The van der Waals surface area contributed by atoms with Crippen LogP contribution in [0.1, 0.15) is 24.0 Å². The Morgan fingerprint density at radius 1 is 1.22 bits per heavy atom. The van der Waals surface area contributed by atoms with Crippen LogP contribution in [0.25, 0.3) is 0 Å². The first-order valence-corrected chi connectivity index (χ1v) is 7.52. The molecule has 0 radical (unpaired) electrons. The number of fused-ring (bicyclic) bond motifs is 2. The van der Waals surface area contributed by atoms with Crippen LogP contribution in [0.4, 0.5) is 13.2 Å². The molecule has 1 N–H and O–H groups in total. The number of likely N-dealkylation sites (N-methyl/N-ethyl adjacent to an activating group) is 1.